The highest BCUT2D eigenvalue weighted by atomic mass is 16.2. The van der Waals surface area contributed by atoms with Gasteiger partial charge in [0.15, 0.2) is 0 Å². The number of aromatic amines is 1. The lowest BCUT2D eigenvalue weighted by molar-refractivity contribution is -0.148. The van der Waals surface area contributed by atoms with Gasteiger partial charge in [-0.15, -0.1) is 0 Å². The summed E-state index contributed by atoms with van der Waals surface area (Å²) in [5, 5.41) is 0. The normalized spacial score (nSPS) is 27.7. The first-order chi connectivity index (χ1) is 13.2. The third kappa shape index (κ3) is 3.11. The molecule has 3 aliphatic heterocycles. The minimum Gasteiger partial charge on any atom is -0.342 e. The van der Waals surface area contributed by atoms with Crippen molar-refractivity contribution in [2.75, 3.05) is 19.6 Å². The molecule has 1 aromatic carbocycles. The molecule has 2 bridgehead atoms. The summed E-state index contributed by atoms with van der Waals surface area (Å²) in [5.41, 5.74) is 1.98. The Morgan fingerprint density at radius 1 is 1.22 bits per heavy atom. The quantitative estimate of drug-likeness (QED) is 0.907. The van der Waals surface area contributed by atoms with E-state index in [0.29, 0.717) is 43.0 Å². The molecule has 3 fully saturated rings. The summed E-state index contributed by atoms with van der Waals surface area (Å²) in [5.74, 6) is 2.33. The molecule has 27 heavy (non-hydrogen) atoms. The first kappa shape index (κ1) is 16.8. The zero-order valence-corrected chi connectivity index (χ0v) is 15.6. The zero-order chi connectivity index (χ0) is 18.4. The number of likely N-dealkylation sites (tertiary alicyclic amines) is 1. The molecular weight excluding hydrogens is 340 g/mol. The van der Waals surface area contributed by atoms with Crippen LogP contribution in [0.1, 0.15) is 37.9 Å². The predicted molar refractivity (Wildman–Crippen MR) is 102 cm³/mol. The second-order valence-corrected chi connectivity index (χ2v) is 8.37. The highest BCUT2D eigenvalue weighted by molar-refractivity contribution is 5.79. The van der Waals surface area contributed by atoms with Gasteiger partial charge in [0.05, 0.1) is 11.0 Å². The first-order valence-electron chi connectivity index (χ1n) is 10.2. The van der Waals surface area contributed by atoms with Crippen LogP contribution in [-0.4, -0.2) is 57.3 Å². The topological polar surface area (TPSA) is 69.3 Å². The van der Waals surface area contributed by atoms with Crippen LogP contribution in [-0.2, 0) is 16.0 Å². The number of aromatic nitrogens is 2. The second-order valence-electron chi connectivity index (χ2n) is 8.37. The minimum absolute atomic E-state index is 0.223. The maximum Gasteiger partial charge on any atom is 0.223 e. The first-order valence-corrected chi connectivity index (χ1v) is 10.2. The van der Waals surface area contributed by atoms with Crippen molar-refractivity contribution >= 4 is 22.8 Å². The van der Waals surface area contributed by atoms with Crippen molar-refractivity contribution in [3.05, 3.63) is 30.1 Å². The van der Waals surface area contributed by atoms with Crippen LogP contribution < -0.4 is 0 Å². The van der Waals surface area contributed by atoms with Crippen LogP contribution in [0.15, 0.2) is 24.3 Å². The van der Waals surface area contributed by atoms with Crippen LogP contribution in [0, 0.1) is 11.8 Å². The van der Waals surface area contributed by atoms with Gasteiger partial charge >= 0.3 is 0 Å². The number of amides is 2. The van der Waals surface area contributed by atoms with Crippen molar-refractivity contribution in [2.24, 2.45) is 11.8 Å². The molecule has 4 heterocycles. The Morgan fingerprint density at radius 2 is 2.11 bits per heavy atom. The molecule has 2 amide bonds. The number of para-hydroxylation sites is 2. The third-order valence-corrected chi connectivity index (χ3v) is 6.55. The van der Waals surface area contributed by atoms with Gasteiger partial charge in [-0.1, -0.05) is 12.1 Å². The molecule has 1 aromatic heterocycles. The smallest absolute Gasteiger partial charge is 0.223 e. The SMILES string of the molecule is O=C(CCc1nc2ccccc2[nH]1)N1CC2CC(C1)[C@H]1CCCC(=O)N1C2. The van der Waals surface area contributed by atoms with Crippen LogP contribution in [0.4, 0.5) is 0 Å². The van der Waals surface area contributed by atoms with E-state index in [1.165, 1.54) is 6.42 Å². The van der Waals surface area contributed by atoms with Crippen molar-refractivity contribution in [1.29, 1.82) is 0 Å². The molecule has 0 aliphatic carbocycles. The van der Waals surface area contributed by atoms with Gasteiger partial charge in [-0.3, -0.25) is 9.59 Å². The van der Waals surface area contributed by atoms with Crippen molar-refractivity contribution in [2.45, 2.75) is 44.6 Å². The molecular formula is C21H26N4O2. The van der Waals surface area contributed by atoms with E-state index in [1.54, 1.807) is 0 Å². The van der Waals surface area contributed by atoms with Crippen LogP contribution >= 0.6 is 0 Å². The minimum atomic E-state index is 0.223. The number of piperidine rings is 3. The van der Waals surface area contributed by atoms with Gasteiger partial charge in [-0.25, -0.2) is 4.98 Å². The van der Waals surface area contributed by atoms with Crippen LogP contribution in [0.2, 0.25) is 0 Å². The fourth-order valence-electron chi connectivity index (χ4n) is 5.32. The van der Waals surface area contributed by atoms with E-state index in [4.69, 9.17) is 0 Å². The monoisotopic (exact) mass is 366 g/mol. The number of imidazole rings is 1. The van der Waals surface area contributed by atoms with E-state index in [1.807, 2.05) is 24.3 Å². The standard InChI is InChI=1S/C21H26N4O2/c26-20(9-8-19-22-16-4-1-2-5-17(16)23-19)24-11-14-10-15(13-24)18-6-3-7-21(27)25(18)12-14/h1-2,4-5,14-15,18H,3,6-13H2,(H,22,23)/t14?,15?,18-/m1/s1. The fraction of sp³-hybridized carbons (Fsp3) is 0.571. The number of hydrogen-bond acceptors (Lipinski definition) is 3. The molecule has 6 nitrogen and oxygen atoms in total. The molecule has 5 rings (SSSR count). The van der Waals surface area contributed by atoms with E-state index >= 15 is 0 Å². The number of H-pyrrole nitrogens is 1. The average molecular weight is 366 g/mol. The Bertz CT molecular complexity index is 843. The molecule has 2 unspecified atom stereocenters. The lowest BCUT2D eigenvalue weighted by Gasteiger charge is -2.52. The van der Waals surface area contributed by atoms with Gasteiger partial charge in [-0.05, 0) is 43.2 Å². The molecule has 2 aromatic rings. The molecule has 3 aliphatic rings. The van der Waals surface area contributed by atoms with Gasteiger partial charge in [0.1, 0.15) is 5.82 Å². The Hall–Kier alpha value is -2.37. The molecule has 142 valence electrons. The third-order valence-electron chi connectivity index (χ3n) is 6.55. The van der Waals surface area contributed by atoms with Gasteiger partial charge in [0, 0.05) is 44.9 Å². The molecule has 3 saturated heterocycles. The van der Waals surface area contributed by atoms with E-state index < -0.39 is 0 Å². The molecule has 6 heteroatoms. The van der Waals surface area contributed by atoms with E-state index in [2.05, 4.69) is 19.8 Å². The maximum absolute atomic E-state index is 12.8. The number of rotatable bonds is 3. The van der Waals surface area contributed by atoms with Crippen LogP contribution in [0.3, 0.4) is 0 Å². The highest BCUT2D eigenvalue weighted by Gasteiger charge is 2.44. The summed E-state index contributed by atoms with van der Waals surface area (Å²) >= 11 is 0. The molecule has 0 radical (unpaired) electrons. The Kier molecular flexibility index (Phi) is 4.14. The number of nitrogens with zero attached hydrogens (tertiary/aromatic N) is 3. The summed E-state index contributed by atoms with van der Waals surface area (Å²) in [4.78, 5) is 37.2. The van der Waals surface area contributed by atoms with Gasteiger partial charge in [-0.2, -0.15) is 0 Å². The van der Waals surface area contributed by atoms with Crippen molar-refractivity contribution in [1.82, 2.24) is 19.8 Å². The van der Waals surface area contributed by atoms with Crippen molar-refractivity contribution in [3.63, 3.8) is 0 Å². The van der Waals surface area contributed by atoms with Crippen molar-refractivity contribution in [3.8, 4) is 0 Å². The summed E-state index contributed by atoms with van der Waals surface area (Å²) in [6, 6.07) is 8.32. The van der Waals surface area contributed by atoms with Gasteiger partial charge in [0.2, 0.25) is 11.8 Å². The number of nitrogens with one attached hydrogen (secondary N) is 1. The number of aryl methyl sites for hydroxylation is 1. The van der Waals surface area contributed by atoms with E-state index in [-0.39, 0.29) is 5.91 Å². The zero-order valence-electron chi connectivity index (χ0n) is 15.6. The number of carbonyl (C=O) groups excluding carboxylic acids is 2. The Balaban J connectivity index is 1.23. The fourth-order valence-corrected chi connectivity index (χ4v) is 5.32. The molecule has 3 atom stereocenters. The number of carbonyl (C=O) groups is 2. The summed E-state index contributed by atoms with van der Waals surface area (Å²) in [6.45, 7) is 2.45. The predicted octanol–water partition coefficient (Wildman–Crippen LogP) is 2.35. The number of benzene rings is 1. The summed E-state index contributed by atoms with van der Waals surface area (Å²) in [6.07, 6.45) is 5.11. The molecule has 1 N–H and O–H groups in total. The number of hydrogen-bond donors (Lipinski definition) is 1. The largest absolute Gasteiger partial charge is 0.342 e. The van der Waals surface area contributed by atoms with Crippen LogP contribution in [0.25, 0.3) is 11.0 Å². The Labute approximate surface area is 158 Å². The Morgan fingerprint density at radius 3 is 3.00 bits per heavy atom. The van der Waals surface area contributed by atoms with E-state index in [0.717, 1.165) is 49.3 Å². The van der Waals surface area contributed by atoms with Gasteiger partial charge < -0.3 is 14.8 Å². The van der Waals surface area contributed by atoms with Crippen LogP contribution in [0.5, 0.6) is 0 Å². The second kappa shape index (κ2) is 6.66. The average Bonchev–Trinajstić information content (AvgIpc) is 3.10. The molecule has 0 spiro atoms. The lowest BCUT2D eigenvalue weighted by Crippen LogP contribution is -2.61. The molecule has 0 saturated carbocycles. The maximum atomic E-state index is 12.8. The van der Waals surface area contributed by atoms with Crippen molar-refractivity contribution < 1.29 is 9.59 Å². The van der Waals surface area contributed by atoms with E-state index in [9.17, 15) is 9.59 Å². The summed E-state index contributed by atoms with van der Waals surface area (Å²) < 4.78 is 0. The highest BCUT2D eigenvalue weighted by Crippen LogP contribution is 2.38. The summed E-state index contributed by atoms with van der Waals surface area (Å²) in [7, 11) is 0. The van der Waals surface area contributed by atoms with Gasteiger partial charge in [0.25, 0.3) is 0 Å². The lowest BCUT2D eigenvalue weighted by atomic mass is 9.76. The number of fused-ring (bicyclic) bond motifs is 5.